The highest BCUT2D eigenvalue weighted by atomic mass is 16.6. The van der Waals surface area contributed by atoms with Gasteiger partial charge in [-0.2, -0.15) is 0 Å². The van der Waals surface area contributed by atoms with Crippen LogP contribution < -0.4 is 0 Å². The molecule has 5 rings (SSSR count). The lowest BCUT2D eigenvalue weighted by Crippen LogP contribution is -2.39. The van der Waals surface area contributed by atoms with E-state index in [-0.39, 0.29) is 11.2 Å². The smallest absolute Gasteiger partial charge is 0.119 e. The molecule has 0 aromatic rings. The maximum Gasteiger partial charge on any atom is 0.119 e. The molecule has 1 aliphatic heterocycles. The number of rotatable bonds is 3. The second kappa shape index (κ2) is 4.75. The minimum Gasteiger partial charge on any atom is -0.501 e. The molecule has 0 bridgehead atoms. The number of hydrogen-bond acceptors (Lipinski definition) is 2. The molecule has 23 heavy (non-hydrogen) atoms. The Hall–Kier alpha value is -1.02. The van der Waals surface area contributed by atoms with Crippen molar-refractivity contribution in [2.24, 2.45) is 17.8 Å². The van der Waals surface area contributed by atoms with Gasteiger partial charge >= 0.3 is 0 Å². The summed E-state index contributed by atoms with van der Waals surface area (Å²) in [6, 6.07) is 0. The summed E-state index contributed by atoms with van der Waals surface area (Å²) in [6.45, 7) is 2.30. The number of allylic oxidation sites excluding steroid dienone is 4. The minimum atomic E-state index is 0.129. The fourth-order valence-corrected chi connectivity index (χ4v) is 6.45. The van der Waals surface area contributed by atoms with Gasteiger partial charge in [-0.1, -0.05) is 36.6 Å². The van der Waals surface area contributed by atoms with Gasteiger partial charge in [-0.05, 0) is 56.4 Å². The zero-order valence-corrected chi connectivity index (χ0v) is 14.4. The summed E-state index contributed by atoms with van der Waals surface area (Å²) in [5.74, 6) is 3.43. The van der Waals surface area contributed by atoms with Crippen LogP contribution in [0, 0.1) is 17.8 Å². The molecule has 0 aromatic carbocycles. The van der Waals surface area contributed by atoms with Gasteiger partial charge < -0.3 is 9.47 Å². The molecule has 1 saturated carbocycles. The van der Waals surface area contributed by atoms with E-state index in [1.807, 2.05) is 7.11 Å². The molecular formula is C21H28O2. The zero-order chi connectivity index (χ0) is 15.7. The molecule has 4 aliphatic carbocycles. The Morgan fingerprint density at radius 3 is 3.09 bits per heavy atom. The van der Waals surface area contributed by atoms with Crippen LogP contribution in [0.5, 0.6) is 0 Å². The second-order valence-corrected chi connectivity index (χ2v) is 8.26. The standard InChI is InChI=1S/C21H28O2/c1-3-10-20-11-9-19-18-6-4-14-13-15(22-2)5-7-16(14)17(18)8-12-21(19,20)23-20/h5,8,12,17-19H,3-4,6-7,9-11,13H2,1-2H3/t17?,18?,19?,20-,21?/m0/s1. The molecule has 0 amide bonds. The van der Waals surface area contributed by atoms with Crippen LogP contribution in [0.25, 0.3) is 0 Å². The summed E-state index contributed by atoms with van der Waals surface area (Å²) >= 11 is 0. The Morgan fingerprint density at radius 1 is 1.35 bits per heavy atom. The largest absolute Gasteiger partial charge is 0.501 e. The monoisotopic (exact) mass is 312 g/mol. The number of fused-ring (bicyclic) bond motifs is 3. The van der Waals surface area contributed by atoms with E-state index in [2.05, 4.69) is 25.2 Å². The van der Waals surface area contributed by atoms with Crippen LogP contribution in [0.15, 0.2) is 35.1 Å². The Morgan fingerprint density at radius 2 is 2.26 bits per heavy atom. The highest BCUT2D eigenvalue weighted by molar-refractivity contribution is 5.41. The molecule has 2 heteroatoms. The van der Waals surface area contributed by atoms with E-state index in [4.69, 9.17) is 9.47 Å². The van der Waals surface area contributed by atoms with Crippen molar-refractivity contribution in [3.63, 3.8) is 0 Å². The molecule has 5 aliphatic rings. The SMILES string of the molecule is CCC[C@]12CCC3C4CCC5=C(CC=C(OC)C5)C4C=CC31O2. The normalized spacial score (nSPS) is 46.5. The van der Waals surface area contributed by atoms with Gasteiger partial charge in [0.05, 0.1) is 12.9 Å². The molecule has 0 aromatic heterocycles. The third-order valence-electron chi connectivity index (χ3n) is 7.46. The van der Waals surface area contributed by atoms with E-state index < -0.39 is 0 Å². The molecule has 0 radical (unpaired) electrons. The summed E-state index contributed by atoms with van der Waals surface area (Å²) in [7, 11) is 1.81. The third-order valence-corrected chi connectivity index (χ3v) is 7.46. The molecule has 0 N–H and O–H groups in total. The Bertz CT molecular complexity index is 628. The quantitative estimate of drug-likeness (QED) is 0.545. The van der Waals surface area contributed by atoms with Crippen LogP contribution in [0.1, 0.15) is 58.3 Å². The van der Waals surface area contributed by atoms with Crippen molar-refractivity contribution in [2.45, 2.75) is 69.5 Å². The van der Waals surface area contributed by atoms with Gasteiger partial charge in [0.2, 0.25) is 0 Å². The first kappa shape index (κ1) is 14.3. The van der Waals surface area contributed by atoms with Gasteiger partial charge in [0.1, 0.15) is 11.2 Å². The van der Waals surface area contributed by atoms with Gasteiger partial charge in [-0.3, -0.25) is 0 Å². The lowest BCUT2D eigenvalue weighted by atomic mass is 9.61. The first-order chi connectivity index (χ1) is 11.2. The molecule has 5 atom stereocenters. The molecule has 1 heterocycles. The summed E-state index contributed by atoms with van der Waals surface area (Å²) in [5.41, 5.74) is 3.73. The van der Waals surface area contributed by atoms with E-state index in [1.54, 1.807) is 11.1 Å². The summed E-state index contributed by atoms with van der Waals surface area (Å²) in [4.78, 5) is 0. The molecular weight excluding hydrogens is 284 g/mol. The van der Waals surface area contributed by atoms with Crippen LogP contribution in [0.4, 0.5) is 0 Å². The fourth-order valence-electron chi connectivity index (χ4n) is 6.45. The average molecular weight is 312 g/mol. The van der Waals surface area contributed by atoms with Crippen molar-refractivity contribution in [3.05, 3.63) is 35.1 Å². The van der Waals surface area contributed by atoms with Gasteiger partial charge in [-0.25, -0.2) is 0 Å². The highest BCUT2D eigenvalue weighted by Crippen LogP contribution is 2.70. The summed E-state index contributed by atoms with van der Waals surface area (Å²) in [5, 5.41) is 0. The summed E-state index contributed by atoms with van der Waals surface area (Å²) in [6.07, 6.45) is 17.3. The predicted octanol–water partition coefficient (Wildman–Crippen LogP) is 4.92. The van der Waals surface area contributed by atoms with Crippen LogP contribution >= 0.6 is 0 Å². The molecule has 1 spiro atoms. The van der Waals surface area contributed by atoms with E-state index in [0.29, 0.717) is 5.92 Å². The topological polar surface area (TPSA) is 21.8 Å². The number of methoxy groups -OCH3 is 1. The summed E-state index contributed by atoms with van der Waals surface area (Å²) < 4.78 is 12.0. The van der Waals surface area contributed by atoms with Crippen molar-refractivity contribution in [1.29, 1.82) is 0 Å². The third kappa shape index (κ3) is 1.74. The van der Waals surface area contributed by atoms with Crippen LogP contribution in [-0.2, 0) is 9.47 Å². The van der Waals surface area contributed by atoms with Crippen molar-refractivity contribution in [3.8, 4) is 0 Å². The number of epoxide rings is 1. The molecule has 2 fully saturated rings. The Balaban J connectivity index is 1.46. The first-order valence-electron chi connectivity index (χ1n) is 9.56. The van der Waals surface area contributed by atoms with Crippen molar-refractivity contribution in [2.75, 3.05) is 7.11 Å². The number of ether oxygens (including phenoxy) is 2. The predicted molar refractivity (Wildman–Crippen MR) is 90.9 cm³/mol. The van der Waals surface area contributed by atoms with Gasteiger partial charge in [0, 0.05) is 12.3 Å². The van der Waals surface area contributed by atoms with E-state index in [1.165, 1.54) is 44.3 Å². The minimum absolute atomic E-state index is 0.129. The Labute approximate surface area is 139 Å². The lowest BCUT2D eigenvalue weighted by Gasteiger charge is -2.43. The molecule has 4 unspecified atom stereocenters. The van der Waals surface area contributed by atoms with Gasteiger partial charge in [0.25, 0.3) is 0 Å². The first-order valence-corrected chi connectivity index (χ1v) is 9.56. The van der Waals surface area contributed by atoms with Crippen molar-refractivity contribution >= 4 is 0 Å². The van der Waals surface area contributed by atoms with Crippen LogP contribution in [0.2, 0.25) is 0 Å². The highest BCUT2D eigenvalue weighted by Gasteiger charge is 2.76. The second-order valence-electron chi connectivity index (χ2n) is 8.26. The average Bonchev–Trinajstić information content (AvgIpc) is 3.09. The molecule has 2 nitrogen and oxygen atoms in total. The van der Waals surface area contributed by atoms with Crippen molar-refractivity contribution < 1.29 is 9.47 Å². The lowest BCUT2D eigenvalue weighted by molar-refractivity contribution is 0.115. The number of hydrogen-bond donors (Lipinski definition) is 0. The molecule has 1 saturated heterocycles. The van der Waals surface area contributed by atoms with Gasteiger partial charge in [0.15, 0.2) is 0 Å². The van der Waals surface area contributed by atoms with E-state index in [0.717, 1.165) is 24.7 Å². The van der Waals surface area contributed by atoms with Crippen molar-refractivity contribution in [1.82, 2.24) is 0 Å². The Kier molecular flexibility index (Phi) is 2.96. The fraction of sp³-hybridized carbons (Fsp3) is 0.714. The van der Waals surface area contributed by atoms with E-state index >= 15 is 0 Å². The molecule has 124 valence electrons. The van der Waals surface area contributed by atoms with Gasteiger partial charge in [-0.15, -0.1) is 0 Å². The van der Waals surface area contributed by atoms with Crippen LogP contribution in [0.3, 0.4) is 0 Å². The maximum atomic E-state index is 6.46. The maximum absolute atomic E-state index is 6.46. The zero-order valence-electron chi connectivity index (χ0n) is 14.4. The van der Waals surface area contributed by atoms with E-state index in [9.17, 15) is 0 Å². The van der Waals surface area contributed by atoms with Crippen LogP contribution in [-0.4, -0.2) is 18.3 Å².